The SMILES string of the molecule is CN(C)CCc1cc(=O)oc2cc(O)c(Cl)cc12. The largest absolute Gasteiger partial charge is 0.506 e. The molecule has 1 aromatic heterocycles. The Morgan fingerprint density at radius 1 is 1.33 bits per heavy atom. The number of rotatable bonds is 3. The molecule has 1 heterocycles. The maximum absolute atomic E-state index is 11.5. The Balaban J connectivity index is 2.57. The summed E-state index contributed by atoms with van der Waals surface area (Å²) in [5.41, 5.74) is 0.813. The number of halogens is 1. The zero-order valence-electron chi connectivity index (χ0n) is 10.2. The number of likely N-dealkylation sites (N-methyl/N-ethyl adjacent to an activating group) is 1. The molecule has 0 aliphatic rings. The third-order valence-electron chi connectivity index (χ3n) is 2.73. The van der Waals surface area contributed by atoms with E-state index in [9.17, 15) is 9.90 Å². The molecule has 0 aliphatic carbocycles. The summed E-state index contributed by atoms with van der Waals surface area (Å²) in [5.74, 6) is -0.0860. The second-order valence-corrected chi connectivity index (χ2v) is 4.85. The molecule has 0 saturated heterocycles. The van der Waals surface area contributed by atoms with Gasteiger partial charge >= 0.3 is 5.63 Å². The standard InChI is InChI=1S/C13H14ClNO3/c1-15(2)4-3-8-5-13(17)18-12-7-11(16)10(14)6-9(8)12/h5-7,16H,3-4H2,1-2H3. The Bertz CT molecular complexity index is 634. The van der Waals surface area contributed by atoms with E-state index in [1.54, 1.807) is 6.07 Å². The molecule has 0 bridgehead atoms. The van der Waals surface area contributed by atoms with E-state index >= 15 is 0 Å². The van der Waals surface area contributed by atoms with Crippen LogP contribution in [0.5, 0.6) is 5.75 Å². The molecule has 2 aromatic rings. The Kier molecular flexibility index (Phi) is 3.59. The van der Waals surface area contributed by atoms with Crippen LogP contribution in [-0.4, -0.2) is 30.6 Å². The smallest absolute Gasteiger partial charge is 0.336 e. The van der Waals surface area contributed by atoms with Gasteiger partial charge in [-0.2, -0.15) is 0 Å². The van der Waals surface area contributed by atoms with Crippen molar-refractivity contribution in [1.82, 2.24) is 4.90 Å². The van der Waals surface area contributed by atoms with Crippen molar-refractivity contribution in [3.63, 3.8) is 0 Å². The Morgan fingerprint density at radius 2 is 2.06 bits per heavy atom. The molecular formula is C13H14ClNO3. The quantitative estimate of drug-likeness (QED) is 0.867. The summed E-state index contributed by atoms with van der Waals surface area (Å²) >= 11 is 5.88. The molecule has 4 nitrogen and oxygen atoms in total. The minimum Gasteiger partial charge on any atom is -0.506 e. The second-order valence-electron chi connectivity index (χ2n) is 4.44. The number of nitrogens with zero attached hydrogens (tertiary/aromatic N) is 1. The summed E-state index contributed by atoms with van der Waals surface area (Å²) in [5, 5.41) is 10.5. The fourth-order valence-corrected chi connectivity index (χ4v) is 1.95. The van der Waals surface area contributed by atoms with Crippen molar-refractivity contribution in [2.24, 2.45) is 0 Å². The maximum atomic E-state index is 11.5. The molecule has 0 radical (unpaired) electrons. The average molecular weight is 268 g/mol. The number of benzene rings is 1. The molecule has 1 N–H and O–H groups in total. The van der Waals surface area contributed by atoms with Crippen LogP contribution in [-0.2, 0) is 6.42 Å². The summed E-state index contributed by atoms with van der Waals surface area (Å²) < 4.78 is 5.06. The van der Waals surface area contributed by atoms with Crippen LogP contribution in [0.1, 0.15) is 5.56 Å². The Labute approximate surface area is 109 Å². The molecular weight excluding hydrogens is 254 g/mol. The van der Waals surface area contributed by atoms with Crippen molar-refractivity contribution in [3.05, 3.63) is 39.2 Å². The van der Waals surface area contributed by atoms with Crippen molar-refractivity contribution >= 4 is 22.6 Å². The first-order valence-corrected chi connectivity index (χ1v) is 5.95. The molecule has 96 valence electrons. The Hall–Kier alpha value is -1.52. The van der Waals surface area contributed by atoms with E-state index in [-0.39, 0.29) is 10.8 Å². The lowest BCUT2D eigenvalue weighted by Crippen LogP contribution is -2.16. The summed E-state index contributed by atoms with van der Waals surface area (Å²) in [6.07, 6.45) is 0.718. The van der Waals surface area contributed by atoms with Crippen LogP contribution in [0.3, 0.4) is 0 Å². The highest BCUT2D eigenvalue weighted by Crippen LogP contribution is 2.30. The average Bonchev–Trinajstić information content (AvgIpc) is 2.28. The van der Waals surface area contributed by atoms with E-state index < -0.39 is 5.63 Å². The molecule has 2 rings (SSSR count). The van der Waals surface area contributed by atoms with E-state index in [4.69, 9.17) is 16.0 Å². The molecule has 5 heteroatoms. The normalized spacial score (nSPS) is 11.3. The summed E-state index contributed by atoms with van der Waals surface area (Å²) in [7, 11) is 3.93. The molecule has 0 unspecified atom stereocenters. The number of hydrogen-bond donors (Lipinski definition) is 1. The van der Waals surface area contributed by atoms with Crippen LogP contribution in [0.4, 0.5) is 0 Å². The highest BCUT2D eigenvalue weighted by molar-refractivity contribution is 6.32. The van der Waals surface area contributed by atoms with Crippen LogP contribution in [0.15, 0.2) is 27.4 Å². The van der Waals surface area contributed by atoms with Crippen molar-refractivity contribution in [2.45, 2.75) is 6.42 Å². The predicted molar refractivity (Wildman–Crippen MR) is 71.4 cm³/mol. The number of aromatic hydroxyl groups is 1. The maximum Gasteiger partial charge on any atom is 0.336 e. The second kappa shape index (κ2) is 5.00. The topological polar surface area (TPSA) is 53.7 Å². The minimum atomic E-state index is -0.419. The van der Waals surface area contributed by atoms with E-state index in [0.29, 0.717) is 5.58 Å². The number of phenols is 1. The lowest BCUT2D eigenvalue weighted by Gasteiger charge is -2.11. The minimum absolute atomic E-state index is 0.0860. The summed E-state index contributed by atoms with van der Waals surface area (Å²) in [4.78, 5) is 13.5. The van der Waals surface area contributed by atoms with Gasteiger partial charge in [-0.05, 0) is 32.1 Å². The van der Waals surface area contributed by atoms with Gasteiger partial charge < -0.3 is 14.4 Å². The van der Waals surface area contributed by atoms with E-state index in [2.05, 4.69) is 0 Å². The molecule has 0 aliphatic heterocycles. The van der Waals surface area contributed by atoms with Crippen molar-refractivity contribution in [1.29, 1.82) is 0 Å². The van der Waals surface area contributed by atoms with Crippen LogP contribution in [0.2, 0.25) is 5.02 Å². The van der Waals surface area contributed by atoms with Crippen LogP contribution < -0.4 is 5.63 Å². The molecule has 0 spiro atoms. The predicted octanol–water partition coefficient (Wildman–Crippen LogP) is 2.26. The molecule has 0 fully saturated rings. The van der Waals surface area contributed by atoms with E-state index in [0.717, 1.165) is 23.9 Å². The van der Waals surface area contributed by atoms with Gasteiger partial charge in [0.05, 0.1) is 5.02 Å². The lowest BCUT2D eigenvalue weighted by molar-refractivity contribution is 0.413. The highest BCUT2D eigenvalue weighted by Gasteiger charge is 2.09. The molecule has 0 saturated carbocycles. The van der Waals surface area contributed by atoms with E-state index in [1.807, 2.05) is 19.0 Å². The number of phenolic OH excluding ortho intramolecular Hbond substituents is 1. The third-order valence-corrected chi connectivity index (χ3v) is 3.03. The van der Waals surface area contributed by atoms with E-state index in [1.165, 1.54) is 12.1 Å². The summed E-state index contributed by atoms with van der Waals surface area (Å²) in [6.45, 7) is 0.817. The van der Waals surface area contributed by atoms with Crippen molar-refractivity contribution in [3.8, 4) is 5.75 Å². The molecule has 18 heavy (non-hydrogen) atoms. The molecule has 0 amide bonds. The highest BCUT2D eigenvalue weighted by atomic mass is 35.5. The first-order valence-electron chi connectivity index (χ1n) is 5.57. The van der Waals surface area contributed by atoms with Gasteiger partial charge in [-0.1, -0.05) is 11.6 Å². The summed E-state index contributed by atoms with van der Waals surface area (Å²) in [6, 6.07) is 4.47. The van der Waals surface area contributed by atoms with Gasteiger partial charge in [-0.3, -0.25) is 0 Å². The van der Waals surface area contributed by atoms with Crippen LogP contribution in [0, 0.1) is 0 Å². The first kappa shape index (κ1) is 12.9. The Morgan fingerprint density at radius 3 is 2.72 bits per heavy atom. The monoisotopic (exact) mass is 267 g/mol. The van der Waals surface area contributed by atoms with Gasteiger partial charge in [0.2, 0.25) is 0 Å². The van der Waals surface area contributed by atoms with Gasteiger partial charge in [0.25, 0.3) is 0 Å². The zero-order chi connectivity index (χ0) is 13.3. The van der Waals surface area contributed by atoms with Gasteiger partial charge in [0.15, 0.2) is 0 Å². The fourth-order valence-electron chi connectivity index (χ4n) is 1.79. The van der Waals surface area contributed by atoms with Gasteiger partial charge in [0, 0.05) is 24.1 Å². The van der Waals surface area contributed by atoms with Crippen molar-refractivity contribution < 1.29 is 9.52 Å². The van der Waals surface area contributed by atoms with Gasteiger partial charge in [-0.15, -0.1) is 0 Å². The number of hydrogen-bond acceptors (Lipinski definition) is 4. The van der Waals surface area contributed by atoms with Gasteiger partial charge in [0.1, 0.15) is 11.3 Å². The molecule has 0 atom stereocenters. The molecule has 1 aromatic carbocycles. The van der Waals surface area contributed by atoms with Crippen LogP contribution >= 0.6 is 11.6 Å². The first-order chi connectivity index (χ1) is 8.47. The third kappa shape index (κ3) is 2.66. The van der Waals surface area contributed by atoms with Crippen molar-refractivity contribution in [2.75, 3.05) is 20.6 Å². The lowest BCUT2D eigenvalue weighted by atomic mass is 10.1. The zero-order valence-corrected chi connectivity index (χ0v) is 11.0. The number of fused-ring (bicyclic) bond motifs is 1. The van der Waals surface area contributed by atoms with Crippen LogP contribution in [0.25, 0.3) is 11.0 Å². The van der Waals surface area contributed by atoms with Gasteiger partial charge in [-0.25, -0.2) is 4.79 Å². The fraction of sp³-hybridized carbons (Fsp3) is 0.308.